The summed E-state index contributed by atoms with van der Waals surface area (Å²) in [6.45, 7) is 2.95. The number of rotatable bonds is 4. The number of aryl methyl sites for hydroxylation is 1. The van der Waals surface area contributed by atoms with E-state index in [0.29, 0.717) is 5.56 Å². The fourth-order valence-corrected chi connectivity index (χ4v) is 3.16. The average molecular weight is 258 g/mol. The molecule has 0 aromatic heterocycles. The Kier molecular flexibility index (Phi) is 3.90. The van der Waals surface area contributed by atoms with Gasteiger partial charge in [-0.1, -0.05) is 6.07 Å². The van der Waals surface area contributed by atoms with Crippen molar-refractivity contribution < 1.29 is 23.4 Å². The molecule has 0 heterocycles. The molecule has 1 atom stereocenters. The standard InChI is InChI=1S/C11H14O5S/c1-7-3-4-9(11(13)14)5-10(7)17(15,16)6-8(2)12/h3-5,8,12H,6H2,1-2H3,(H,13,14). The molecule has 1 unspecified atom stereocenters. The molecular formula is C11H14O5S. The van der Waals surface area contributed by atoms with Crippen LogP contribution in [-0.4, -0.2) is 36.5 Å². The summed E-state index contributed by atoms with van der Waals surface area (Å²) in [5, 5.41) is 17.9. The van der Waals surface area contributed by atoms with Gasteiger partial charge < -0.3 is 10.2 Å². The number of carboxylic acid groups (broad SMARTS) is 1. The maximum Gasteiger partial charge on any atom is 0.335 e. The van der Waals surface area contributed by atoms with Crippen LogP contribution >= 0.6 is 0 Å². The van der Waals surface area contributed by atoms with Gasteiger partial charge in [-0.15, -0.1) is 0 Å². The van der Waals surface area contributed by atoms with Crippen LogP contribution in [0.1, 0.15) is 22.8 Å². The van der Waals surface area contributed by atoms with Gasteiger partial charge >= 0.3 is 5.97 Å². The summed E-state index contributed by atoms with van der Waals surface area (Å²) >= 11 is 0. The molecular weight excluding hydrogens is 244 g/mol. The van der Waals surface area contributed by atoms with Crippen molar-refractivity contribution in [1.29, 1.82) is 0 Å². The minimum Gasteiger partial charge on any atom is -0.478 e. The van der Waals surface area contributed by atoms with Gasteiger partial charge in [0.1, 0.15) is 0 Å². The third-order valence-corrected chi connectivity index (χ3v) is 4.26. The highest BCUT2D eigenvalue weighted by Gasteiger charge is 2.20. The first-order chi connectivity index (χ1) is 7.74. The molecule has 0 fully saturated rings. The molecule has 0 amide bonds. The SMILES string of the molecule is Cc1ccc(C(=O)O)cc1S(=O)(=O)CC(C)O. The Morgan fingerprint density at radius 2 is 2.00 bits per heavy atom. The number of sulfone groups is 1. The zero-order chi connectivity index (χ0) is 13.2. The molecule has 6 heteroatoms. The topological polar surface area (TPSA) is 91.7 Å². The molecule has 94 valence electrons. The first kappa shape index (κ1) is 13.7. The highest BCUT2D eigenvalue weighted by Crippen LogP contribution is 2.19. The lowest BCUT2D eigenvalue weighted by molar-refractivity contribution is 0.0696. The van der Waals surface area contributed by atoms with E-state index in [4.69, 9.17) is 10.2 Å². The quantitative estimate of drug-likeness (QED) is 0.835. The predicted octanol–water partition coefficient (Wildman–Crippen LogP) is 0.848. The van der Waals surface area contributed by atoms with Crippen LogP contribution in [0.5, 0.6) is 0 Å². The largest absolute Gasteiger partial charge is 0.478 e. The molecule has 0 saturated carbocycles. The zero-order valence-electron chi connectivity index (χ0n) is 9.54. The van der Waals surface area contributed by atoms with Crippen LogP contribution < -0.4 is 0 Å². The summed E-state index contributed by atoms with van der Waals surface area (Å²) in [5.74, 6) is -1.60. The predicted molar refractivity (Wildman–Crippen MR) is 61.9 cm³/mol. The summed E-state index contributed by atoms with van der Waals surface area (Å²) in [7, 11) is -3.66. The fourth-order valence-electron chi connectivity index (χ4n) is 1.48. The van der Waals surface area contributed by atoms with Crippen molar-refractivity contribution >= 4 is 15.8 Å². The van der Waals surface area contributed by atoms with E-state index in [2.05, 4.69) is 0 Å². The third kappa shape index (κ3) is 3.28. The molecule has 0 saturated heterocycles. The van der Waals surface area contributed by atoms with Crippen molar-refractivity contribution in [2.45, 2.75) is 24.8 Å². The van der Waals surface area contributed by atoms with Crippen LogP contribution in [0.15, 0.2) is 23.1 Å². The molecule has 0 aliphatic heterocycles. The van der Waals surface area contributed by atoms with Gasteiger partial charge in [-0.3, -0.25) is 0 Å². The Labute approximate surface area is 99.6 Å². The molecule has 0 bridgehead atoms. The summed E-state index contributed by atoms with van der Waals surface area (Å²) in [6.07, 6.45) is -0.993. The number of aliphatic hydroxyl groups is 1. The van der Waals surface area contributed by atoms with E-state index in [-0.39, 0.29) is 10.5 Å². The third-order valence-electron chi connectivity index (χ3n) is 2.23. The molecule has 1 rings (SSSR count). The second kappa shape index (κ2) is 4.85. The summed E-state index contributed by atoms with van der Waals surface area (Å²) in [6, 6.07) is 3.91. The van der Waals surface area contributed by atoms with Crippen LogP contribution in [0.4, 0.5) is 0 Å². The van der Waals surface area contributed by atoms with E-state index < -0.39 is 27.7 Å². The molecule has 0 spiro atoms. The van der Waals surface area contributed by atoms with E-state index >= 15 is 0 Å². The number of hydrogen-bond acceptors (Lipinski definition) is 4. The smallest absolute Gasteiger partial charge is 0.335 e. The van der Waals surface area contributed by atoms with Crippen molar-refractivity contribution in [2.75, 3.05) is 5.75 Å². The highest BCUT2D eigenvalue weighted by atomic mass is 32.2. The van der Waals surface area contributed by atoms with Gasteiger partial charge in [-0.25, -0.2) is 13.2 Å². The lowest BCUT2D eigenvalue weighted by Crippen LogP contribution is -2.19. The van der Waals surface area contributed by atoms with Crippen molar-refractivity contribution in [3.8, 4) is 0 Å². The van der Waals surface area contributed by atoms with Crippen molar-refractivity contribution in [1.82, 2.24) is 0 Å². The maximum atomic E-state index is 11.9. The number of carbonyl (C=O) groups is 1. The highest BCUT2D eigenvalue weighted by molar-refractivity contribution is 7.91. The molecule has 0 aliphatic rings. The maximum absolute atomic E-state index is 11.9. The van der Waals surface area contributed by atoms with Crippen LogP contribution in [0, 0.1) is 6.92 Å². The average Bonchev–Trinajstić information content (AvgIpc) is 2.15. The first-order valence-electron chi connectivity index (χ1n) is 4.99. The van der Waals surface area contributed by atoms with E-state index in [1.165, 1.54) is 19.1 Å². The molecule has 5 nitrogen and oxygen atoms in total. The van der Waals surface area contributed by atoms with E-state index in [1.807, 2.05) is 0 Å². The molecule has 17 heavy (non-hydrogen) atoms. The van der Waals surface area contributed by atoms with Gasteiger partial charge in [0.05, 0.1) is 22.3 Å². The first-order valence-corrected chi connectivity index (χ1v) is 6.64. The molecule has 2 N–H and O–H groups in total. The lowest BCUT2D eigenvalue weighted by Gasteiger charge is -2.10. The number of carboxylic acids is 1. The Balaban J connectivity index is 3.30. The van der Waals surface area contributed by atoms with Gasteiger partial charge in [0, 0.05) is 0 Å². The summed E-state index contributed by atoms with van der Waals surface area (Å²) < 4.78 is 23.8. The number of benzene rings is 1. The minimum absolute atomic E-state index is 0.0432. The van der Waals surface area contributed by atoms with E-state index in [0.717, 1.165) is 6.07 Å². The zero-order valence-corrected chi connectivity index (χ0v) is 10.4. The van der Waals surface area contributed by atoms with Crippen molar-refractivity contribution in [3.63, 3.8) is 0 Å². The van der Waals surface area contributed by atoms with Crippen molar-refractivity contribution in [3.05, 3.63) is 29.3 Å². The monoisotopic (exact) mass is 258 g/mol. The second-order valence-electron chi connectivity index (χ2n) is 3.92. The van der Waals surface area contributed by atoms with Gasteiger partial charge in [-0.05, 0) is 31.5 Å². The Bertz CT molecular complexity index is 531. The van der Waals surface area contributed by atoms with E-state index in [9.17, 15) is 13.2 Å². The lowest BCUT2D eigenvalue weighted by atomic mass is 10.1. The van der Waals surface area contributed by atoms with Gasteiger partial charge in [0.15, 0.2) is 9.84 Å². The Morgan fingerprint density at radius 3 is 2.47 bits per heavy atom. The fraction of sp³-hybridized carbons (Fsp3) is 0.364. The Hall–Kier alpha value is -1.40. The number of aliphatic hydroxyl groups excluding tert-OH is 1. The molecule has 0 radical (unpaired) electrons. The molecule has 1 aromatic carbocycles. The van der Waals surface area contributed by atoms with Crippen LogP contribution in [0.25, 0.3) is 0 Å². The van der Waals surface area contributed by atoms with Crippen LogP contribution in [0.2, 0.25) is 0 Å². The van der Waals surface area contributed by atoms with Crippen LogP contribution in [-0.2, 0) is 9.84 Å². The van der Waals surface area contributed by atoms with E-state index in [1.54, 1.807) is 6.92 Å². The minimum atomic E-state index is -3.66. The van der Waals surface area contributed by atoms with Crippen LogP contribution in [0.3, 0.4) is 0 Å². The van der Waals surface area contributed by atoms with Gasteiger partial charge in [-0.2, -0.15) is 0 Å². The molecule has 1 aromatic rings. The van der Waals surface area contributed by atoms with Crippen molar-refractivity contribution in [2.24, 2.45) is 0 Å². The second-order valence-corrected chi connectivity index (χ2v) is 5.92. The number of aromatic carboxylic acids is 1. The van der Waals surface area contributed by atoms with Gasteiger partial charge in [0.2, 0.25) is 0 Å². The normalized spacial score (nSPS) is 13.4. The summed E-state index contributed by atoms with van der Waals surface area (Å²) in [5.41, 5.74) is 0.385. The Morgan fingerprint density at radius 1 is 1.41 bits per heavy atom. The molecule has 0 aliphatic carbocycles. The van der Waals surface area contributed by atoms with Gasteiger partial charge in [0.25, 0.3) is 0 Å². The number of hydrogen-bond donors (Lipinski definition) is 2. The summed E-state index contributed by atoms with van der Waals surface area (Å²) in [4.78, 5) is 10.7.